The molecule has 4 nitrogen and oxygen atoms in total. The quantitative estimate of drug-likeness (QED) is 0.779. The minimum absolute atomic E-state index is 0.108. The molecule has 0 spiro atoms. The van der Waals surface area contributed by atoms with Gasteiger partial charge in [0, 0.05) is 6.54 Å². The number of furan rings is 1. The fraction of sp³-hybridized carbons (Fsp3) is 0.545. The Balaban J connectivity index is 2.04. The van der Waals surface area contributed by atoms with Crippen molar-refractivity contribution in [3.63, 3.8) is 0 Å². The van der Waals surface area contributed by atoms with Gasteiger partial charge in [-0.2, -0.15) is 0 Å². The van der Waals surface area contributed by atoms with Crippen LogP contribution < -0.4 is 11.1 Å². The molecular formula is C11H16N2O2. The normalized spacial score (nSPS) is 19.6. The minimum atomic E-state index is -0.269. The number of hydrogen-bond donors (Lipinski definition) is 2. The van der Waals surface area contributed by atoms with Gasteiger partial charge in [0.25, 0.3) is 5.91 Å². The molecule has 1 heterocycles. The number of amides is 1. The lowest BCUT2D eigenvalue weighted by molar-refractivity contribution is 0.0897. The van der Waals surface area contributed by atoms with Crippen LogP contribution in [0.2, 0.25) is 0 Å². The summed E-state index contributed by atoms with van der Waals surface area (Å²) in [6.45, 7) is 2.48. The summed E-state index contributed by atoms with van der Waals surface area (Å²) in [5.41, 5.74) is 5.99. The smallest absolute Gasteiger partial charge is 0.255 e. The summed E-state index contributed by atoms with van der Waals surface area (Å²) in [7, 11) is 0. The van der Waals surface area contributed by atoms with E-state index in [0.717, 1.165) is 12.8 Å². The maximum Gasteiger partial charge on any atom is 0.255 e. The summed E-state index contributed by atoms with van der Waals surface area (Å²) < 4.78 is 4.87. The first-order valence-electron chi connectivity index (χ1n) is 5.20. The number of rotatable bonds is 4. The molecule has 1 saturated carbocycles. The Morgan fingerprint density at radius 1 is 1.73 bits per heavy atom. The highest BCUT2D eigenvalue weighted by Crippen LogP contribution is 2.39. The summed E-state index contributed by atoms with van der Waals surface area (Å²) in [5.74, 6) is 0.418. The second kappa shape index (κ2) is 3.70. The van der Waals surface area contributed by atoms with Crippen LogP contribution in [0.4, 0.5) is 0 Å². The highest BCUT2D eigenvalue weighted by atomic mass is 16.3. The molecule has 1 aliphatic rings. The monoisotopic (exact) mass is 208 g/mol. The van der Waals surface area contributed by atoms with Crippen molar-refractivity contribution in [1.29, 1.82) is 0 Å². The molecule has 4 heteroatoms. The molecule has 1 amide bonds. The summed E-state index contributed by atoms with van der Waals surface area (Å²) in [6, 6.07) is 1.65. The van der Waals surface area contributed by atoms with Crippen LogP contribution in [0.25, 0.3) is 0 Å². The van der Waals surface area contributed by atoms with Gasteiger partial charge in [-0.3, -0.25) is 4.79 Å². The molecular weight excluding hydrogens is 192 g/mol. The van der Waals surface area contributed by atoms with E-state index in [1.165, 1.54) is 12.5 Å². The average molecular weight is 208 g/mol. The lowest BCUT2D eigenvalue weighted by Gasteiger charge is -2.29. The van der Waals surface area contributed by atoms with Crippen molar-refractivity contribution in [3.8, 4) is 0 Å². The Bertz CT molecular complexity index is 343. The molecule has 0 aromatic carbocycles. The molecule has 1 aromatic rings. The van der Waals surface area contributed by atoms with E-state index in [1.807, 2.05) is 6.92 Å². The molecule has 2 rings (SSSR count). The maximum absolute atomic E-state index is 11.8. The molecule has 0 saturated heterocycles. The summed E-state index contributed by atoms with van der Waals surface area (Å²) in [5, 5.41) is 2.98. The summed E-state index contributed by atoms with van der Waals surface area (Å²) in [4.78, 5) is 11.8. The van der Waals surface area contributed by atoms with Crippen LogP contribution in [0.1, 0.15) is 30.1 Å². The van der Waals surface area contributed by atoms with Crippen molar-refractivity contribution in [3.05, 3.63) is 24.2 Å². The predicted molar refractivity (Wildman–Crippen MR) is 56.4 cm³/mol. The summed E-state index contributed by atoms with van der Waals surface area (Å²) in [6.07, 6.45) is 5.24. The largest absolute Gasteiger partial charge is 0.472 e. The zero-order valence-corrected chi connectivity index (χ0v) is 8.82. The SMILES string of the molecule is CC(CN)(NC(=O)c1ccoc1)C1CC1. The Morgan fingerprint density at radius 2 is 2.47 bits per heavy atom. The van der Waals surface area contributed by atoms with Gasteiger partial charge in [-0.1, -0.05) is 0 Å². The minimum Gasteiger partial charge on any atom is -0.472 e. The van der Waals surface area contributed by atoms with Gasteiger partial charge in [0.2, 0.25) is 0 Å². The number of nitrogens with two attached hydrogens (primary N) is 1. The predicted octanol–water partition coefficient (Wildman–Crippen LogP) is 1.14. The van der Waals surface area contributed by atoms with Crippen LogP contribution in [0.15, 0.2) is 23.0 Å². The van der Waals surface area contributed by atoms with Crippen LogP contribution in [0.3, 0.4) is 0 Å². The molecule has 1 unspecified atom stereocenters. The molecule has 3 N–H and O–H groups in total. The molecule has 0 radical (unpaired) electrons. The Kier molecular flexibility index (Phi) is 2.52. The van der Waals surface area contributed by atoms with Gasteiger partial charge in [0.1, 0.15) is 6.26 Å². The first-order chi connectivity index (χ1) is 7.15. The average Bonchev–Trinajstić information content (AvgIpc) is 2.94. The number of hydrogen-bond acceptors (Lipinski definition) is 3. The number of nitrogens with one attached hydrogen (secondary N) is 1. The van der Waals surface area contributed by atoms with Crippen molar-refractivity contribution < 1.29 is 9.21 Å². The van der Waals surface area contributed by atoms with Gasteiger partial charge in [-0.25, -0.2) is 0 Å². The van der Waals surface area contributed by atoms with E-state index >= 15 is 0 Å². The van der Waals surface area contributed by atoms with Crippen molar-refractivity contribution in [1.82, 2.24) is 5.32 Å². The third kappa shape index (κ3) is 2.04. The summed E-state index contributed by atoms with van der Waals surface area (Å²) >= 11 is 0. The van der Waals surface area contributed by atoms with Gasteiger partial charge >= 0.3 is 0 Å². The molecule has 0 bridgehead atoms. The fourth-order valence-corrected chi connectivity index (χ4v) is 1.77. The zero-order chi connectivity index (χ0) is 10.9. The second-order valence-corrected chi connectivity index (χ2v) is 4.36. The van der Waals surface area contributed by atoms with Crippen LogP contribution in [-0.2, 0) is 0 Å². The van der Waals surface area contributed by atoms with E-state index in [4.69, 9.17) is 10.2 Å². The van der Waals surface area contributed by atoms with Gasteiger partial charge in [-0.15, -0.1) is 0 Å². The van der Waals surface area contributed by atoms with E-state index in [9.17, 15) is 4.79 Å². The third-order valence-corrected chi connectivity index (χ3v) is 3.08. The van der Waals surface area contributed by atoms with Crippen molar-refractivity contribution in [2.75, 3.05) is 6.54 Å². The van der Waals surface area contributed by atoms with Crippen LogP contribution in [0.5, 0.6) is 0 Å². The first-order valence-corrected chi connectivity index (χ1v) is 5.20. The first kappa shape index (κ1) is 10.2. The van der Waals surface area contributed by atoms with E-state index in [0.29, 0.717) is 18.0 Å². The van der Waals surface area contributed by atoms with Gasteiger partial charge in [0.15, 0.2) is 0 Å². The Hall–Kier alpha value is -1.29. The second-order valence-electron chi connectivity index (χ2n) is 4.36. The highest BCUT2D eigenvalue weighted by Gasteiger charge is 2.41. The molecule has 82 valence electrons. The van der Waals surface area contributed by atoms with Crippen LogP contribution in [0, 0.1) is 5.92 Å². The number of carbonyl (C=O) groups excluding carboxylic acids is 1. The van der Waals surface area contributed by atoms with Gasteiger partial charge in [-0.05, 0) is 31.7 Å². The van der Waals surface area contributed by atoms with Crippen LogP contribution >= 0.6 is 0 Å². The molecule has 1 aliphatic carbocycles. The topological polar surface area (TPSA) is 68.3 Å². The van der Waals surface area contributed by atoms with E-state index < -0.39 is 0 Å². The van der Waals surface area contributed by atoms with Crippen molar-refractivity contribution in [2.24, 2.45) is 11.7 Å². The van der Waals surface area contributed by atoms with E-state index in [2.05, 4.69) is 5.32 Å². The lowest BCUT2D eigenvalue weighted by atomic mass is 9.95. The molecule has 1 atom stereocenters. The van der Waals surface area contributed by atoms with Crippen molar-refractivity contribution >= 4 is 5.91 Å². The molecule has 1 aromatic heterocycles. The standard InChI is InChI=1S/C11H16N2O2/c1-11(7-12,9-2-3-9)13-10(14)8-4-5-15-6-8/h4-6,9H,2-3,7,12H2,1H3,(H,13,14). The van der Waals surface area contributed by atoms with Crippen LogP contribution in [-0.4, -0.2) is 18.0 Å². The molecule has 0 aliphatic heterocycles. The molecule has 15 heavy (non-hydrogen) atoms. The highest BCUT2D eigenvalue weighted by molar-refractivity contribution is 5.94. The van der Waals surface area contributed by atoms with E-state index in [-0.39, 0.29) is 11.4 Å². The number of carbonyl (C=O) groups is 1. The zero-order valence-electron chi connectivity index (χ0n) is 8.82. The Labute approximate surface area is 88.8 Å². The molecule has 1 fully saturated rings. The third-order valence-electron chi connectivity index (χ3n) is 3.08. The lowest BCUT2D eigenvalue weighted by Crippen LogP contribution is -2.53. The van der Waals surface area contributed by atoms with Crippen molar-refractivity contribution in [2.45, 2.75) is 25.3 Å². The van der Waals surface area contributed by atoms with Gasteiger partial charge in [0.05, 0.1) is 17.4 Å². The Morgan fingerprint density at radius 3 is 2.93 bits per heavy atom. The maximum atomic E-state index is 11.8. The fourth-order valence-electron chi connectivity index (χ4n) is 1.77. The van der Waals surface area contributed by atoms with E-state index in [1.54, 1.807) is 6.07 Å². The van der Waals surface area contributed by atoms with Gasteiger partial charge < -0.3 is 15.5 Å².